The molecule has 11 nitrogen and oxygen atoms in total. The summed E-state index contributed by atoms with van der Waals surface area (Å²) in [6.45, 7) is 7.41. The van der Waals surface area contributed by atoms with E-state index in [4.69, 9.17) is 9.47 Å². The minimum absolute atomic E-state index is 0.0206. The lowest BCUT2D eigenvalue weighted by Crippen LogP contribution is -2.74. The summed E-state index contributed by atoms with van der Waals surface area (Å²) in [4.78, 5) is 64.1. The number of fused-ring (bicyclic) bond motifs is 4. The van der Waals surface area contributed by atoms with E-state index in [1.165, 1.54) is 0 Å². The highest BCUT2D eigenvalue weighted by atomic mass is 19.1. The molecule has 1 amide bonds. The molecule has 258 valence electrons. The first-order chi connectivity index (χ1) is 23.3. The van der Waals surface area contributed by atoms with Crippen LogP contribution in [0.15, 0.2) is 36.0 Å². The second kappa shape index (κ2) is 13.0. The highest BCUT2D eigenvalue weighted by Gasteiger charge is 2.62. The fourth-order valence-electron chi connectivity index (χ4n) is 9.63. The van der Waals surface area contributed by atoms with Gasteiger partial charge in [-0.25, -0.2) is 4.39 Å². The van der Waals surface area contributed by atoms with Gasteiger partial charge in [0.2, 0.25) is 0 Å². The van der Waals surface area contributed by atoms with Crippen LogP contribution in [0.4, 0.5) is 4.39 Å². The van der Waals surface area contributed by atoms with Crippen molar-refractivity contribution < 1.29 is 33.0 Å². The number of Topliss-reactive ketones (excluding diaryl/α,β-unsaturated/α-hetero) is 3. The average molecular weight is 664 g/mol. The van der Waals surface area contributed by atoms with Gasteiger partial charge in [0.15, 0.2) is 17.3 Å². The molecule has 12 heteroatoms. The Kier molecular flexibility index (Phi) is 8.73. The first-order valence-electron chi connectivity index (χ1n) is 17.8. The predicted octanol–water partition coefficient (Wildman–Crippen LogP) is 1.18. The Balaban J connectivity index is 1.09. The third kappa shape index (κ3) is 5.53. The lowest BCUT2D eigenvalue weighted by molar-refractivity contribution is -0.217. The van der Waals surface area contributed by atoms with Crippen LogP contribution in [0.25, 0.3) is 0 Å². The number of rotatable bonds is 6. The number of carbonyl (C=O) groups excluding carboxylic acids is 4. The second-order valence-electron chi connectivity index (χ2n) is 14.8. The molecule has 3 aliphatic carbocycles. The van der Waals surface area contributed by atoms with Gasteiger partial charge < -0.3 is 24.6 Å². The smallest absolute Gasteiger partial charge is 0.256 e. The van der Waals surface area contributed by atoms with Gasteiger partial charge in [-0.2, -0.15) is 0 Å². The average Bonchev–Trinajstić information content (AvgIpc) is 3.10. The molecule has 5 fully saturated rings. The molecule has 0 spiro atoms. The van der Waals surface area contributed by atoms with Gasteiger partial charge in [0.1, 0.15) is 6.17 Å². The van der Waals surface area contributed by atoms with E-state index in [-0.39, 0.29) is 35.4 Å². The van der Waals surface area contributed by atoms with Gasteiger partial charge in [0.05, 0.1) is 49.1 Å². The number of hydrogen-bond donors (Lipinski definition) is 1. The minimum atomic E-state index is -1.31. The number of nitrogens with one attached hydrogen (secondary N) is 1. The number of carbonyl (C=O) groups is 4. The first-order valence-corrected chi connectivity index (χ1v) is 17.8. The molecule has 48 heavy (non-hydrogen) atoms. The molecule has 0 aromatic heterocycles. The molecule has 0 radical (unpaired) electrons. The quantitative estimate of drug-likeness (QED) is 0.352. The number of amides is 1. The van der Waals surface area contributed by atoms with Crippen molar-refractivity contribution in [3.8, 4) is 0 Å². The molecule has 9 unspecified atom stereocenters. The Morgan fingerprint density at radius 2 is 1.56 bits per heavy atom. The van der Waals surface area contributed by atoms with Gasteiger partial charge in [-0.3, -0.25) is 29.0 Å². The molecule has 3 saturated heterocycles. The Hall–Kier alpha value is -3.03. The van der Waals surface area contributed by atoms with Crippen LogP contribution in [0.2, 0.25) is 0 Å². The monoisotopic (exact) mass is 663 g/mol. The van der Waals surface area contributed by atoms with Gasteiger partial charge in [-0.1, -0.05) is 24.3 Å². The molecule has 4 aliphatic heterocycles. The molecule has 7 aliphatic rings. The van der Waals surface area contributed by atoms with Crippen molar-refractivity contribution >= 4 is 23.3 Å². The van der Waals surface area contributed by atoms with E-state index in [0.29, 0.717) is 56.8 Å². The Labute approximate surface area is 280 Å². The number of halogens is 1. The van der Waals surface area contributed by atoms with Crippen molar-refractivity contribution in [2.24, 2.45) is 17.8 Å². The number of ketones is 3. The van der Waals surface area contributed by atoms with Crippen molar-refractivity contribution in [2.45, 2.75) is 62.2 Å². The van der Waals surface area contributed by atoms with Crippen molar-refractivity contribution in [1.29, 1.82) is 0 Å². The summed E-state index contributed by atoms with van der Waals surface area (Å²) in [7, 11) is 2.06. The summed E-state index contributed by atoms with van der Waals surface area (Å²) in [5.74, 6) is -2.62. The van der Waals surface area contributed by atoms with Crippen molar-refractivity contribution in [3.05, 3.63) is 47.2 Å². The number of alkyl halides is 1. The molecular weight excluding hydrogens is 617 g/mol. The maximum Gasteiger partial charge on any atom is 0.256 e. The first kappa shape index (κ1) is 32.2. The molecule has 4 heterocycles. The lowest BCUT2D eigenvalue weighted by atomic mass is 9.63. The lowest BCUT2D eigenvalue weighted by Gasteiger charge is -2.61. The van der Waals surface area contributed by atoms with Crippen LogP contribution in [0.5, 0.6) is 0 Å². The summed E-state index contributed by atoms with van der Waals surface area (Å²) in [5.41, 5.74) is 0.971. The summed E-state index contributed by atoms with van der Waals surface area (Å²) >= 11 is 0. The molecule has 2 saturated carbocycles. The van der Waals surface area contributed by atoms with Gasteiger partial charge in [-0.05, 0) is 39.3 Å². The number of benzene rings is 1. The topological polar surface area (TPSA) is 112 Å². The molecule has 1 N–H and O–H groups in total. The fraction of sp³-hybridized carbons (Fsp3) is 0.667. The van der Waals surface area contributed by atoms with Crippen molar-refractivity contribution in [2.75, 3.05) is 72.6 Å². The summed E-state index contributed by atoms with van der Waals surface area (Å²) in [6.07, 6.45) is 0.807. The van der Waals surface area contributed by atoms with E-state index in [2.05, 4.69) is 32.0 Å². The van der Waals surface area contributed by atoms with Crippen molar-refractivity contribution in [1.82, 2.24) is 24.9 Å². The van der Waals surface area contributed by atoms with Gasteiger partial charge in [0, 0.05) is 80.9 Å². The number of ether oxygens (including phenoxy) is 2. The van der Waals surface area contributed by atoms with E-state index in [1.54, 1.807) is 30.5 Å². The highest BCUT2D eigenvalue weighted by molar-refractivity contribution is 6.20. The third-order valence-corrected chi connectivity index (χ3v) is 12.1. The summed E-state index contributed by atoms with van der Waals surface area (Å²) in [5, 5.41) is 2.96. The van der Waals surface area contributed by atoms with Crippen LogP contribution in [0.3, 0.4) is 0 Å². The number of nitrogens with zero attached hydrogens (tertiary/aromatic N) is 4. The van der Waals surface area contributed by atoms with E-state index >= 15 is 4.39 Å². The molecule has 0 bridgehead atoms. The van der Waals surface area contributed by atoms with Crippen LogP contribution in [-0.2, 0) is 19.1 Å². The Morgan fingerprint density at radius 1 is 0.875 bits per heavy atom. The van der Waals surface area contributed by atoms with Crippen LogP contribution in [0, 0.1) is 17.8 Å². The van der Waals surface area contributed by atoms with E-state index in [1.807, 2.05) is 0 Å². The molecule has 1 aromatic rings. The number of piperazine rings is 1. The largest absolute Gasteiger partial charge is 0.379 e. The maximum absolute atomic E-state index is 16.4. The standard InChI is InChI=1S/C36H46FN5O6/c1-39-9-11-41(12-10-39)31-27(37)17-25-30-35(31)48-29-19-24-23(32(43)21-5-2-3-6-22(21)33(24)44)18-28(29)42(30)20-26(34(25)45)36(46)38-7-4-8-40-13-15-47-16-14-40/h2-3,5-6,20,23-25,27-31,35H,4,7-19H2,1H3,(H,38,46). The van der Waals surface area contributed by atoms with Gasteiger partial charge >= 0.3 is 0 Å². The molecular formula is C36H46FN5O6. The minimum Gasteiger partial charge on any atom is -0.379 e. The molecule has 1 aromatic carbocycles. The van der Waals surface area contributed by atoms with E-state index < -0.39 is 54.1 Å². The zero-order valence-corrected chi connectivity index (χ0v) is 27.6. The highest BCUT2D eigenvalue weighted by Crippen LogP contribution is 2.50. The Morgan fingerprint density at radius 3 is 2.27 bits per heavy atom. The van der Waals surface area contributed by atoms with Crippen molar-refractivity contribution in [3.63, 3.8) is 0 Å². The number of hydrogen-bond acceptors (Lipinski definition) is 10. The predicted molar refractivity (Wildman–Crippen MR) is 173 cm³/mol. The molecule has 8 rings (SSSR count). The van der Waals surface area contributed by atoms with Gasteiger partial charge in [0.25, 0.3) is 5.91 Å². The summed E-state index contributed by atoms with van der Waals surface area (Å²) < 4.78 is 28.8. The molecule has 9 atom stereocenters. The Bertz CT molecular complexity index is 1490. The number of morpholine rings is 2. The normalized spacial score (nSPS) is 37.2. The second-order valence-corrected chi connectivity index (χ2v) is 14.8. The van der Waals surface area contributed by atoms with E-state index in [9.17, 15) is 19.2 Å². The van der Waals surface area contributed by atoms with Crippen LogP contribution in [0.1, 0.15) is 46.4 Å². The zero-order valence-electron chi connectivity index (χ0n) is 27.6. The summed E-state index contributed by atoms with van der Waals surface area (Å²) in [6, 6.07) is 5.71. The van der Waals surface area contributed by atoms with E-state index in [0.717, 1.165) is 39.1 Å². The van der Waals surface area contributed by atoms with Crippen LogP contribution < -0.4 is 5.32 Å². The van der Waals surface area contributed by atoms with Crippen LogP contribution >= 0.6 is 0 Å². The third-order valence-electron chi connectivity index (χ3n) is 12.1. The van der Waals surface area contributed by atoms with Crippen LogP contribution in [-0.4, -0.2) is 152 Å². The number of likely N-dealkylation sites (N-methyl/N-ethyl adjacent to an activating group) is 1. The maximum atomic E-state index is 16.4. The fourth-order valence-corrected chi connectivity index (χ4v) is 9.63. The SMILES string of the molecule is CN1CCN(C2C(F)CC3C(=O)C(C(=O)NCCCN4CCOCC4)=CN4C5CC6C(=O)c7ccccc7C(=O)C6CC5OC2C34)CC1. The van der Waals surface area contributed by atoms with Gasteiger partial charge in [-0.15, -0.1) is 0 Å². The zero-order chi connectivity index (χ0) is 33.1.